The van der Waals surface area contributed by atoms with Gasteiger partial charge >= 0.3 is 0 Å². The van der Waals surface area contributed by atoms with E-state index in [1.54, 1.807) is 6.07 Å². The van der Waals surface area contributed by atoms with Crippen molar-refractivity contribution in [3.8, 4) is 5.75 Å². The number of hydrogen-bond donors (Lipinski definition) is 1. The van der Waals surface area contributed by atoms with E-state index in [-0.39, 0.29) is 6.04 Å². The number of aromatic hydroxyl groups is 1. The molecule has 3 aromatic rings. The lowest BCUT2D eigenvalue weighted by atomic mass is 9.99. The van der Waals surface area contributed by atoms with Crippen molar-refractivity contribution >= 4 is 28.9 Å². The summed E-state index contributed by atoms with van der Waals surface area (Å²) in [6.45, 7) is 5.55. The topological polar surface area (TPSA) is 26.7 Å². The van der Waals surface area contributed by atoms with Gasteiger partial charge in [-0.15, -0.1) is 0 Å². The zero-order chi connectivity index (χ0) is 20.4. The van der Waals surface area contributed by atoms with Crippen molar-refractivity contribution in [1.82, 2.24) is 4.90 Å². The number of rotatable bonds is 4. The number of phenols is 1. The SMILES string of the molecule is Cc1ccc(C2CN(Cc3cccc(O)c3)CCN2c2ccc(Cl)cc2Cl)cc1. The van der Waals surface area contributed by atoms with Crippen LogP contribution in [0.25, 0.3) is 0 Å². The van der Waals surface area contributed by atoms with Gasteiger partial charge in [-0.25, -0.2) is 0 Å². The number of phenolic OH excluding ortho intramolecular Hbond substituents is 1. The third-order valence-electron chi connectivity index (χ3n) is 5.46. The van der Waals surface area contributed by atoms with Gasteiger partial charge in [0.25, 0.3) is 0 Å². The molecule has 0 aliphatic carbocycles. The second kappa shape index (κ2) is 8.66. The van der Waals surface area contributed by atoms with Gasteiger partial charge in [0.05, 0.1) is 16.8 Å². The maximum absolute atomic E-state index is 9.79. The number of piperazine rings is 1. The van der Waals surface area contributed by atoms with Crippen molar-refractivity contribution in [2.75, 3.05) is 24.5 Å². The van der Waals surface area contributed by atoms with Crippen LogP contribution in [0.1, 0.15) is 22.7 Å². The van der Waals surface area contributed by atoms with Crippen LogP contribution in [0.2, 0.25) is 10.0 Å². The van der Waals surface area contributed by atoms with E-state index in [2.05, 4.69) is 47.1 Å². The Bertz CT molecular complexity index is 990. The molecule has 0 amide bonds. The molecular weight excluding hydrogens is 403 g/mol. The van der Waals surface area contributed by atoms with E-state index in [1.165, 1.54) is 11.1 Å². The molecule has 0 spiro atoms. The average Bonchev–Trinajstić information content (AvgIpc) is 2.69. The summed E-state index contributed by atoms with van der Waals surface area (Å²) in [5.74, 6) is 0.309. The zero-order valence-electron chi connectivity index (χ0n) is 16.4. The van der Waals surface area contributed by atoms with Crippen LogP contribution in [0.3, 0.4) is 0 Å². The Morgan fingerprint density at radius 2 is 1.76 bits per heavy atom. The average molecular weight is 427 g/mol. The summed E-state index contributed by atoms with van der Waals surface area (Å²) < 4.78 is 0. The smallest absolute Gasteiger partial charge is 0.115 e. The minimum Gasteiger partial charge on any atom is -0.508 e. The Labute approximate surface area is 182 Å². The Kier molecular flexibility index (Phi) is 6.00. The van der Waals surface area contributed by atoms with Crippen molar-refractivity contribution in [3.05, 3.63) is 93.5 Å². The highest BCUT2D eigenvalue weighted by Crippen LogP contribution is 2.37. The fourth-order valence-electron chi connectivity index (χ4n) is 3.97. The van der Waals surface area contributed by atoms with Gasteiger partial charge < -0.3 is 10.0 Å². The van der Waals surface area contributed by atoms with Gasteiger partial charge in [0, 0.05) is 31.2 Å². The third-order valence-corrected chi connectivity index (χ3v) is 6.00. The standard InChI is InChI=1S/C24H24Cl2N2O/c1-17-5-7-19(8-6-17)24-16-27(15-18-3-2-4-21(29)13-18)11-12-28(24)23-10-9-20(25)14-22(23)26/h2-10,13-14,24,29H,11-12,15-16H2,1H3. The molecule has 0 aromatic heterocycles. The molecule has 3 nitrogen and oxygen atoms in total. The lowest BCUT2D eigenvalue weighted by Gasteiger charge is -2.43. The highest BCUT2D eigenvalue weighted by molar-refractivity contribution is 6.36. The monoisotopic (exact) mass is 426 g/mol. The maximum Gasteiger partial charge on any atom is 0.115 e. The van der Waals surface area contributed by atoms with Crippen LogP contribution in [0, 0.1) is 6.92 Å². The molecule has 1 fully saturated rings. The summed E-state index contributed by atoms with van der Waals surface area (Å²) in [7, 11) is 0. The van der Waals surface area contributed by atoms with Gasteiger partial charge in [-0.2, -0.15) is 0 Å². The van der Waals surface area contributed by atoms with Crippen LogP contribution in [0.15, 0.2) is 66.7 Å². The third kappa shape index (κ3) is 4.69. The van der Waals surface area contributed by atoms with Crippen molar-refractivity contribution in [2.45, 2.75) is 19.5 Å². The van der Waals surface area contributed by atoms with E-state index in [1.807, 2.05) is 30.3 Å². The minimum atomic E-state index is 0.181. The Balaban J connectivity index is 1.63. The summed E-state index contributed by atoms with van der Waals surface area (Å²) in [5, 5.41) is 11.1. The van der Waals surface area contributed by atoms with Gasteiger partial charge in [0.1, 0.15) is 5.75 Å². The van der Waals surface area contributed by atoms with Crippen LogP contribution in [0.5, 0.6) is 5.75 Å². The molecule has 0 radical (unpaired) electrons. The van der Waals surface area contributed by atoms with Crippen LogP contribution in [-0.2, 0) is 6.54 Å². The predicted octanol–water partition coefficient (Wildman–Crippen LogP) is 6.07. The van der Waals surface area contributed by atoms with Gasteiger partial charge in [-0.3, -0.25) is 4.90 Å². The lowest BCUT2D eigenvalue weighted by Crippen LogP contribution is -2.48. The van der Waals surface area contributed by atoms with Crippen LogP contribution < -0.4 is 4.90 Å². The van der Waals surface area contributed by atoms with E-state index in [0.29, 0.717) is 15.8 Å². The minimum absolute atomic E-state index is 0.181. The molecule has 1 N–H and O–H groups in total. The lowest BCUT2D eigenvalue weighted by molar-refractivity contribution is 0.215. The molecule has 1 unspecified atom stereocenters. The first-order valence-corrected chi connectivity index (χ1v) is 10.5. The number of aryl methyl sites for hydroxylation is 1. The Morgan fingerprint density at radius 3 is 2.48 bits per heavy atom. The van der Waals surface area contributed by atoms with Gasteiger partial charge in [-0.1, -0.05) is 65.2 Å². The molecule has 1 aliphatic heterocycles. The quantitative estimate of drug-likeness (QED) is 0.548. The molecule has 1 aliphatic rings. The van der Waals surface area contributed by atoms with E-state index in [9.17, 15) is 5.11 Å². The van der Waals surface area contributed by atoms with Crippen LogP contribution in [-0.4, -0.2) is 29.6 Å². The van der Waals surface area contributed by atoms with Crippen molar-refractivity contribution in [2.24, 2.45) is 0 Å². The highest BCUT2D eigenvalue weighted by Gasteiger charge is 2.29. The summed E-state index contributed by atoms with van der Waals surface area (Å²) in [5.41, 5.74) is 4.64. The Morgan fingerprint density at radius 1 is 0.966 bits per heavy atom. The molecule has 4 rings (SSSR count). The van der Waals surface area contributed by atoms with Crippen molar-refractivity contribution in [3.63, 3.8) is 0 Å². The number of anilines is 1. The van der Waals surface area contributed by atoms with Crippen LogP contribution >= 0.6 is 23.2 Å². The molecule has 0 bridgehead atoms. The van der Waals surface area contributed by atoms with Crippen molar-refractivity contribution < 1.29 is 5.11 Å². The summed E-state index contributed by atoms with van der Waals surface area (Å²) in [4.78, 5) is 4.81. The summed E-state index contributed by atoms with van der Waals surface area (Å²) in [6.07, 6.45) is 0. The normalized spacial score (nSPS) is 17.5. The number of nitrogens with zero attached hydrogens (tertiary/aromatic N) is 2. The molecule has 29 heavy (non-hydrogen) atoms. The molecule has 1 saturated heterocycles. The second-order valence-corrected chi connectivity index (χ2v) is 8.46. The zero-order valence-corrected chi connectivity index (χ0v) is 17.9. The molecule has 5 heteroatoms. The first-order chi connectivity index (χ1) is 14.0. The molecule has 1 atom stereocenters. The second-order valence-electron chi connectivity index (χ2n) is 7.62. The van der Waals surface area contributed by atoms with Crippen molar-refractivity contribution in [1.29, 1.82) is 0 Å². The van der Waals surface area contributed by atoms with E-state index < -0.39 is 0 Å². The molecule has 150 valence electrons. The fraction of sp³-hybridized carbons (Fsp3) is 0.250. The first kappa shape index (κ1) is 20.1. The van der Waals surface area contributed by atoms with E-state index in [0.717, 1.165) is 37.4 Å². The molecule has 3 aromatic carbocycles. The first-order valence-electron chi connectivity index (χ1n) is 9.78. The van der Waals surface area contributed by atoms with E-state index >= 15 is 0 Å². The predicted molar refractivity (Wildman–Crippen MR) is 121 cm³/mol. The Hall–Kier alpha value is -2.20. The molecule has 1 heterocycles. The summed E-state index contributed by atoms with van der Waals surface area (Å²) >= 11 is 12.7. The largest absolute Gasteiger partial charge is 0.508 e. The van der Waals surface area contributed by atoms with Gasteiger partial charge in [0.2, 0.25) is 0 Å². The van der Waals surface area contributed by atoms with Crippen LogP contribution in [0.4, 0.5) is 5.69 Å². The highest BCUT2D eigenvalue weighted by atomic mass is 35.5. The molecule has 0 saturated carbocycles. The maximum atomic E-state index is 9.79. The fourth-order valence-corrected chi connectivity index (χ4v) is 4.49. The number of benzene rings is 3. The summed E-state index contributed by atoms with van der Waals surface area (Å²) in [6, 6.07) is 22.1. The molecular formula is C24H24Cl2N2O. The van der Waals surface area contributed by atoms with E-state index in [4.69, 9.17) is 23.2 Å². The van der Waals surface area contributed by atoms with Gasteiger partial charge in [0.15, 0.2) is 0 Å². The van der Waals surface area contributed by atoms with Gasteiger partial charge in [-0.05, 0) is 48.4 Å². The number of hydrogen-bond acceptors (Lipinski definition) is 3. The number of halogens is 2.